The zero-order valence-corrected chi connectivity index (χ0v) is 8.84. The van der Waals surface area contributed by atoms with Gasteiger partial charge in [-0.1, -0.05) is 17.7 Å². The Labute approximate surface area is 87.8 Å². The van der Waals surface area contributed by atoms with Crippen molar-refractivity contribution in [3.05, 3.63) is 28.8 Å². The Balaban J connectivity index is 2.94. The molecule has 1 rings (SSSR count). The molecule has 0 unspecified atom stereocenters. The molecule has 4 heteroatoms. The van der Waals surface area contributed by atoms with Gasteiger partial charge in [0.05, 0.1) is 0 Å². The fourth-order valence-corrected chi connectivity index (χ4v) is 1.45. The number of ether oxygens (including phenoxy) is 1. The zero-order valence-electron chi connectivity index (χ0n) is 8.08. The minimum absolute atomic E-state index is 0.131. The molecule has 0 heterocycles. The van der Waals surface area contributed by atoms with Crippen LogP contribution in [0, 0.1) is 0 Å². The molecule has 0 aliphatic heterocycles. The number of benzene rings is 1. The molecular weight excluding hydrogens is 202 g/mol. The molecule has 0 aliphatic rings. The molecule has 76 valence electrons. The molecule has 0 aliphatic carbocycles. The lowest BCUT2D eigenvalue weighted by atomic mass is 10.1. The molecular formula is C10H12ClNO2. The second-order valence-electron chi connectivity index (χ2n) is 3.07. The van der Waals surface area contributed by atoms with E-state index in [4.69, 9.17) is 22.1 Å². The molecule has 0 fully saturated rings. The van der Waals surface area contributed by atoms with E-state index in [1.54, 1.807) is 18.2 Å². The molecule has 2 N–H and O–H groups in total. The van der Waals surface area contributed by atoms with Crippen LogP contribution in [0.3, 0.4) is 0 Å². The van der Waals surface area contributed by atoms with E-state index in [-0.39, 0.29) is 12.0 Å². The molecule has 1 atom stereocenters. The van der Waals surface area contributed by atoms with Gasteiger partial charge in [-0.15, -0.1) is 0 Å². The van der Waals surface area contributed by atoms with E-state index in [0.29, 0.717) is 10.8 Å². The molecule has 1 aromatic rings. The Morgan fingerprint density at radius 1 is 1.57 bits per heavy atom. The van der Waals surface area contributed by atoms with Crippen LogP contribution in [0.25, 0.3) is 0 Å². The van der Waals surface area contributed by atoms with Crippen molar-refractivity contribution in [2.45, 2.75) is 19.9 Å². The van der Waals surface area contributed by atoms with Crippen LogP contribution in [-0.2, 0) is 4.79 Å². The van der Waals surface area contributed by atoms with Crippen molar-refractivity contribution in [2.24, 2.45) is 5.73 Å². The summed E-state index contributed by atoms with van der Waals surface area (Å²) in [6.07, 6.45) is 0. The number of halogens is 1. The van der Waals surface area contributed by atoms with Crippen LogP contribution in [0.2, 0.25) is 5.02 Å². The number of esters is 1. The summed E-state index contributed by atoms with van der Waals surface area (Å²) >= 11 is 5.94. The Bertz CT molecular complexity index is 350. The summed E-state index contributed by atoms with van der Waals surface area (Å²) in [6, 6.07) is 4.88. The zero-order chi connectivity index (χ0) is 10.7. The molecule has 0 saturated heterocycles. The van der Waals surface area contributed by atoms with Gasteiger partial charge >= 0.3 is 5.97 Å². The average molecular weight is 214 g/mol. The first kappa shape index (κ1) is 11.0. The molecule has 0 saturated carbocycles. The second-order valence-corrected chi connectivity index (χ2v) is 3.47. The highest BCUT2D eigenvalue weighted by molar-refractivity contribution is 6.31. The Morgan fingerprint density at radius 3 is 2.64 bits per heavy atom. The monoisotopic (exact) mass is 213 g/mol. The van der Waals surface area contributed by atoms with Gasteiger partial charge in [0.25, 0.3) is 0 Å². The summed E-state index contributed by atoms with van der Waals surface area (Å²) < 4.78 is 4.87. The van der Waals surface area contributed by atoms with Crippen molar-refractivity contribution in [3.63, 3.8) is 0 Å². The lowest BCUT2D eigenvalue weighted by Gasteiger charge is -2.09. The third kappa shape index (κ3) is 2.72. The number of carbonyl (C=O) groups excluding carboxylic acids is 1. The van der Waals surface area contributed by atoms with Gasteiger partial charge < -0.3 is 10.5 Å². The third-order valence-corrected chi connectivity index (χ3v) is 2.05. The lowest BCUT2D eigenvalue weighted by molar-refractivity contribution is -0.131. The maximum absolute atomic E-state index is 10.7. The van der Waals surface area contributed by atoms with Crippen LogP contribution < -0.4 is 10.5 Å². The summed E-state index contributed by atoms with van der Waals surface area (Å²) in [5.41, 5.74) is 6.51. The van der Waals surface area contributed by atoms with Crippen LogP contribution in [0.15, 0.2) is 18.2 Å². The molecule has 1 aromatic carbocycles. The van der Waals surface area contributed by atoms with E-state index in [0.717, 1.165) is 5.56 Å². The van der Waals surface area contributed by atoms with E-state index < -0.39 is 0 Å². The topological polar surface area (TPSA) is 52.3 Å². The summed E-state index contributed by atoms with van der Waals surface area (Å²) in [5, 5.41) is 0.513. The normalized spacial score (nSPS) is 12.3. The molecule has 0 aromatic heterocycles. The highest BCUT2D eigenvalue weighted by Gasteiger charge is 2.07. The maximum Gasteiger partial charge on any atom is 0.308 e. The van der Waals surface area contributed by atoms with Gasteiger partial charge in [0.2, 0.25) is 0 Å². The van der Waals surface area contributed by atoms with Crippen molar-refractivity contribution in [2.75, 3.05) is 0 Å². The van der Waals surface area contributed by atoms with Gasteiger partial charge in [0, 0.05) is 18.0 Å². The van der Waals surface area contributed by atoms with Crippen LogP contribution in [-0.4, -0.2) is 5.97 Å². The largest absolute Gasteiger partial charge is 0.427 e. The maximum atomic E-state index is 10.7. The minimum atomic E-state index is -0.366. The molecule has 3 nitrogen and oxygen atoms in total. The summed E-state index contributed by atoms with van der Waals surface area (Å²) in [4.78, 5) is 10.7. The number of rotatable bonds is 2. The Morgan fingerprint density at radius 2 is 2.21 bits per heavy atom. The van der Waals surface area contributed by atoms with Crippen LogP contribution >= 0.6 is 11.6 Å². The van der Waals surface area contributed by atoms with E-state index in [9.17, 15) is 4.79 Å². The summed E-state index contributed by atoms with van der Waals surface area (Å²) in [5.74, 6) is 0.0708. The SMILES string of the molecule is CC(=O)Oc1ccc([C@H](C)N)c(Cl)c1. The highest BCUT2D eigenvalue weighted by Crippen LogP contribution is 2.26. The highest BCUT2D eigenvalue weighted by atomic mass is 35.5. The van der Waals surface area contributed by atoms with Gasteiger partial charge in [-0.2, -0.15) is 0 Å². The third-order valence-electron chi connectivity index (χ3n) is 1.72. The molecule has 0 amide bonds. The van der Waals surface area contributed by atoms with Crippen molar-refractivity contribution in [1.29, 1.82) is 0 Å². The standard InChI is InChI=1S/C10H12ClNO2/c1-6(12)9-4-3-8(5-10(9)11)14-7(2)13/h3-6H,12H2,1-2H3/t6-/m0/s1. The van der Waals surface area contributed by atoms with Gasteiger partial charge in [-0.25, -0.2) is 0 Å². The van der Waals surface area contributed by atoms with Crippen molar-refractivity contribution in [1.82, 2.24) is 0 Å². The van der Waals surface area contributed by atoms with Crippen molar-refractivity contribution >= 4 is 17.6 Å². The summed E-state index contributed by atoms with van der Waals surface area (Å²) in [6.45, 7) is 3.18. The van der Waals surface area contributed by atoms with E-state index in [1.807, 2.05) is 6.92 Å². The molecule has 0 radical (unpaired) electrons. The van der Waals surface area contributed by atoms with Gasteiger partial charge in [-0.3, -0.25) is 4.79 Å². The number of hydrogen-bond acceptors (Lipinski definition) is 3. The first-order valence-corrected chi connectivity index (χ1v) is 4.62. The number of hydrogen-bond donors (Lipinski definition) is 1. The summed E-state index contributed by atoms with van der Waals surface area (Å²) in [7, 11) is 0. The van der Waals surface area contributed by atoms with Crippen molar-refractivity contribution in [3.8, 4) is 5.75 Å². The molecule has 0 bridgehead atoms. The number of carbonyl (C=O) groups is 1. The first-order valence-electron chi connectivity index (χ1n) is 4.24. The van der Waals surface area contributed by atoms with Crippen molar-refractivity contribution < 1.29 is 9.53 Å². The fourth-order valence-electron chi connectivity index (χ4n) is 1.11. The Kier molecular flexibility index (Phi) is 3.49. The number of nitrogens with two attached hydrogens (primary N) is 1. The van der Waals surface area contributed by atoms with E-state index in [1.165, 1.54) is 6.92 Å². The van der Waals surface area contributed by atoms with E-state index >= 15 is 0 Å². The fraction of sp³-hybridized carbons (Fsp3) is 0.300. The Hall–Kier alpha value is -1.06. The van der Waals surface area contributed by atoms with Crippen LogP contribution in [0.5, 0.6) is 5.75 Å². The minimum Gasteiger partial charge on any atom is -0.427 e. The second kappa shape index (κ2) is 4.44. The average Bonchev–Trinajstić information content (AvgIpc) is 2.01. The lowest BCUT2D eigenvalue weighted by Crippen LogP contribution is -2.06. The van der Waals surface area contributed by atoms with Gasteiger partial charge in [0.1, 0.15) is 5.75 Å². The van der Waals surface area contributed by atoms with E-state index in [2.05, 4.69) is 0 Å². The van der Waals surface area contributed by atoms with Gasteiger partial charge in [-0.05, 0) is 24.6 Å². The predicted molar refractivity (Wildman–Crippen MR) is 55.4 cm³/mol. The molecule has 14 heavy (non-hydrogen) atoms. The molecule has 0 spiro atoms. The smallest absolute Gasteiger partial charge is 0.308 e. The van der Waals surface area contributed by atoms with Crippen LogP contribution in [0.4, 0.5) is 0 Å². The quantitative estimate of drug-likeness (QED) is 0.606. The predicted octanol–water partition coefficient (Wildman–Crippen LogP) is 2.29. The van der Waals surface area contributed by atoms with Gasteiger partial charge in [0.15, 0.2) is 0 Å². The van der Waals surface area contributed by atoms with Crippen LogP contribution in [0.1, 0.15) is 25.5 Å². The first-order chi connectivity index (χ1) is 6.50.